The normalized spacial score (nSPS) is 23.6. The first-order chi connectivity index (χ1) is 8.25. The minimum Gasteiger partial charge on any atom is -0.355 e. The van der Waals surface area contributed by atoms with Crippen LogP contribution in [0.5, 0.6) is 0 Å². The molecule has 1 saturated carbocycles. The largest absolute Gasteiger partial charge is 0.355 e. The van der Waals surface area contributed by atoms with Gasteiger partial charge in [0.2, 0.25) is 5.91 Å². The van der Waals surface area contributed by atoms with Gasteiger partial charge in [0.1, 0.15) is 0 Å². The van der Waals surface area contributed by atoms with Crippen molar-refractivity contribution in [2.24, 2.45) is 5.92 Å². The molecule has 92 valence electrons. The standard InChI is InChI=1S/C14H18ClNO/c15-13-8-4-7-12(13)10-16-14(17)9-11-5-2-1-3-6-11/h1-3,5-6,12-13H,4,7-10H2,(H,16,17). The van der Waals surface area contributed by atoms with Crippen LogP contribution >= 0.6 is 11.6 Å². The van der Waals surface area contributed by atoms with Crippen molar-refractivity contribution in [2.45, 2.75) is 31.1 Å². The van der Waals surface area contributed by atoms with E-state index >= 15 is 0 Å². The first-order valence-electron chi connectivity index (χ1n) is 6.20. The van der Waals surface area contributed by atoms with E-state index in [0.29, 0.717) is 12.3 Å². The molecule has 1 aromatic carbocycles. The molecule has 0 heterocycles. The van der Waals surface area contributed by atoms with Crippen LogP contribution in [0.1, 0.15) is 24.8 Å². The quantitative estimate of drug-likeness (QED) is 0.820. The lowest BCUT2D eigenvalue weighted by Gasteiger charge is -2.14. The van der Waals surface area contributed by atoms with Crippen molar-refractivity contribution in [3.05, 3.63) is 35.9 Å². The smallest absolute Gasteiger partial charge is 0.224 e. The third-order valence-electron chi connectivity index (χ3n) is 3.34. The number of halogens is 1. The Hall–Kier alpha value is -1.02. The predicted molar refractivity (Wildman–Crippen MR) is 70.1 cm³/mol. The molecule has 0 radical (unpaired) electrons. The van der Waals surface area contributed by atoms with Crippen LogP contribution in [-0.4, -0.2) is 17.8 Å². The number of benzene rings is 1. The summed E-state index contributed by atoms with van der Waals surface area (Å²) in [6.07, 6.45) is 3.87. The summed E-state index contributed by atoms with van der Waals surface area (Å²) >= 11 is 6.17. The van der Waals surface area contributed by atoms with Crippen LogP contribution in [-0.2, 0) is 11.2 Å². The first-order valence-corrected chi connectivity index (χ1v) is 6.64. The summed E-state index contributed by atoms with van der Waals surface area (Å²) in [5, 5.41) is 3.22. The van der Waals surface area contributed by atoms with E-state index in [-0.39, 0.29) is 11.3 Å². The van der Waals surface area contributed by atoms with Crippen LogP contribution in [0.2, 0.25) is 0 Å². The molecule has 1 N–H and O–H groups in total. The molecule has 1 aliphatic rings. The number of hydrogen-bond acceptors (Lipinski definition) is 1. The number of rotatable bonds is 4. The summed E-state index contributed by atoms with van der Waals surface area (Å²) in [5.74, 6) is 0.545. The van der Waals surface area contributed by atoms with Crippen LogP contribution in [0.15, 0.2) is 30.3 Å². The number of alkyl halides is 1. The topological polar surface area (TPSA) is 29.1 Å². The molecule has 0 aliphatic heterocycles. The van der Waals surface area contributed by atoms with Gasteiger partial charge in [-0.3, -0.25) is 4.79 Å². The van der Waals surface area contributed by atoms with Gasteiger partial charge >= 0.3 is 0 Å². The van der Waals surface area contributed by atoms with Crippen LogP contribution in [0.25, 0.3) is 0 Å². The second kappa shape index (κ2) is 6.06. The minimum atomic E-state index is 0.0898. The molecular formula is C14H18ClNO. The Labute approximate surface area is 107 Å². The van der Waals surface area contributed by atoms with E-state index in [1.807, 2.05) is 30.3 Å². The number of carbonyl (C=O) groups is 1. The number of carbonyl (C=O) groups excluding carboxylic acids is 1. The maximum absolute atomic E-state index is 11.7. The third-order valence-corrected chi connectivity index (χ3v) is 3.91. The van der Waals surface area contributed by atoms with Gasteiger partial charge in [-0.05, 0) is 24.3 Å². The molecule has 2 atom stereocenters. The van der Waals surface area contributed by atoms with Crippen molar-refractivity contribution in [3.63, 3.8) is 0 Å². The van der Waals surface area contributed by atoms with E-state index in [0.717, 1.165) is 24.9 Å². The SMILES string of the molecule is O=C(Cc1ccccc1)NCC1CCCC1Cl. The minimum absolute atomic E-state index is 0.0898. The molecule has 0 aromatic heterocycles. The molecule has 0 saturated heterocycles. The highest BCUT2D eigenvalue weighted by molar-refractivity contribution is 6.20. The second-order valence-corrected chi connectivity index (χ2v) is 5.23. The Kier molecular flexibility index (Phi) is 4.43. The Bertz CT molecular complexity index is 366. The summed E-state index contributed by atoms with van der Waals surface area (Å²) in [7, 11) is 0. The fraction of sp³-hybridized carbons (Fsp3) is 0.500. The summed E-state index contributed by atoms with van der Waals surface area (Å²) in [5.41, 5.74) is 1.05. The van der Waals surface area contributed by atoms with Crippen molar-refractivity contribution in [3.8, 4) is 0 Å². The summed E-state index contributed by atoms with van der Waals surface area (Å²) in [4.78, 5) is 11.7. The molecular weight excluding hydrogens is 234 g/mol. The molecule has 1 aromatic rings. The van der Waals surface area contributed by atoms with Gasteiger partial charge < -0.3 is 5.32 Å². The lowest BCUT2D eigenvalue weighted by atomic mass is 10.1. The highest BCUT2D eigenvalue weighted by Crippen LogP contribution is 2.29. The lowest BCUT2D eigenvalue weighted by Crippen LogP contribution is -2.32. The molecule has 17 heavy (non-hydrogen) atoms. The number of hydrogen-bond donors (Lipinski definition) is 1. The fourth-order valence-corrected chi connectivity index (χ4v) is 2.68. The lowest BCUT2D eigenvalue weighted by molar-refractivity contribution is -0.120. The molecule has 2 unspecified atom stereocenters. The Balaban J connectivity index is 1.74. The maximum atomic E-state index is 11.7. The Morgan fingerprint density at radius 1 is 1.29 bits per heavy atom. The van der Waals surface area contributed by atoms with Gasteiger partial charge in [0, 0.05) is 11.9 Å². The van der Waals surface area contributed by atoms with E-state index < -0.39 is 0 Å². The number of nitrogens with one attached hydrogen (secondary N) is 1. The van der Waals surface area contributed by atoms with E-state index in [1.165, 1.54) is 6.42 Å². The van der Waals surface area contributed by atoms with Gasteiger partial charge in [-0.15, -0.1) is 11.6 Å². The maximum Gasteiger partial charge on any atom is 0.224 e. The predicted octanol–water partition coefficient (Wildman–Crippen LogP) is 2.75. The third kappa shape index (κ3) is 3.74. The van der Waals surface area contributed by atoms with E-state index in [9.17, 15) is 4.79 Å². The van der Waals surface area contributed by atoms with Crippen LogP contribution in [0.3, 0.4) is 0 Å². The molecule has 2 rings (SSSR count). The average Bonchev–Trinajstić information content (AvgIpc) is 2.74. The van der Waals surface area contributed by atoms with Crippen molar-refractivity contribution in [2.75, 3.05) is 6.54 Å². The summed E-state index contributed by atoms with van der Waals surface area (Å²) < 4.78 is 0. The molecule has 1 amide bonds. The highest BCUT2D eigenvalue weighted by atomic mass is 35.5. The zero-order valence-corrected chi connectivity index (χ0v) is 10.6. The molecule has 0 bridgehead atoms. The van der Waals surface area contributed by atoms with Crippen molar-refractivity contribution < 1.29 is 4.79 Å². The monoisotopic (exact) mass is 251 g/mol. The van der Waals surface area contributed by atoms with Gasteiger partial charge in [-0.2, -0.15) is 0 Å². The van der Waals surface area contributed by atoms with Gasteiger partial charge in [0.05, 0.1) is 6.42 Å². The van der Waals surface area contributed by atoms with E-state index in [1.54, 1.807) is 0 Å². The van der Waals surface area contributed by atoms with Crippen LogP contribution in [0, 0.1) is 5.92 Å². The van der Waals surface area contributed by atoms with Gasteiger partial charge in [0.25, 0.3) is 0 Å². The fourth-order valence-electron chi connectivity index (χ4n) is 2.31. The summed E-state index contributed by atoms with van der Waals surface area (Å²) in [6, 6.07) is 9.81. The van der Waals surface area contributed by atoms with Crippen molar-refractivity contribution in [1.82, 2.24) is 5.32 Å². The number of amides is 1. The molecule has 1 aliphatic carbocycles. The van der Waals surface area contributed by atoms with Crippen LogP contribution < -0.4 is 5.32 Å². The van der Waals surface area contributed by atoms with Crippen molar-refractivity contribution in [1.29, 1.82) is 0 Å². The summed E-state index contributed by atoms with van der Waals surface area (Å²) in [6.45, 7) is 0.722. The van der Waals surface area contributed by atoms with E-state index in [2.05, 4.69) is 5.32 Å². The Morgan fingerprint density at radius 3 is 2.71 bits per heavy atom. The first kappa shape index (κ1) is 12.4. The second-order valence-electron chi connectivity index (χ2n) is 4.67. The zero-order chi connectivity index (χ0) is 12.1. The van der Waals surface area contributed by atoms with Crippen molar-refractivity contribution >= 4 is 17.5 Å². The zero-order valence-electron chi connectivity index (χ0n) is 9.86. The average molecular weight is 252 g/mol. The van der Waals surface area contributed by atoms with Gasteiger partial charge in [-0.25, -0.2) is 0 Å². The molecule has 1 fully saturated rings. The molecule has 0 spiro atoms. The van der Waals surface area contributed by atoms with Crippen LogP contribution in [0.4, 0.5) is 0 Å². The molecule has 2 nitrogen and oxygen atoms in total. The highest BCUT2D eigenvalue weighted by Gasteiger charge is 2.25. The van der Waals surface area contributed by atoms with Gasteiger partial charge in [-0.1, -0.05) is 36.8 Å². The Morgan fingerprint density at radius 2 is 2.06 bits per heavy atom. The van der Waals surface area contributed by atoms with E-state index in [4.69, 9.17) is 11.6 Å². The molecule has 3 heteroatoms. The van der Waals surface area contributed by atoms with Gasteiger partial charge in [0.15, 0.2) is 0 Å².